The lowest BCUT2D eigenvalue weighted by atomic mass is 9.96. The maximum atomic E-state index is 12.5. The number of hydrogen-bond donors (Lipinski definition) is 2. The quantitative estimate of drug-likeness (QED) is 0.833. The largest absolute Gasteiger partial charge is 0.459 e. The first-order chi connectivity index (χ1) is 11.1. The number of esters is 1. The van der Waals surface area contributed by atoms with E-state index in [2.05, 4.69) is 10.6 Å². The highest BCUT2D eigenvalue weighted by molar-refractivity contribution is 5.95. The Kier molecular flexibility index (Phi) is 4.62. The van der Waals surface area contributed by atoms with Crippen molar-refractivity contribution in [2.75, 3.05) is 13.2 Å². The van der Waals surface area contributed by atoms with Gasteiger partial charge in [-0.3, -0.25) is 0 Å². The third kappa shape index (κ3) is 3.53. The van der Waals surface area contributed by atoms with Gasteiger partial charge in [0, 0.05) is 12.3 Å². The number of rotatable bonds is 4. The second-order valence-corrected chi connectivity index (χ2v) is 5.71. The molecule has 1 aromatic carbocycles. The number of hydrogen-bond acceptors (Lipinski definition) is 4. The molecule has 2 amide bonds. The number of carbonyl (C=O) groups is 2. The van der Waals surface area contributed by atoms with Gasteiger partial charge in [0.15, 0.2) is 0 Å². The summed E-state index contributed by atoms with van der Waals surface area (Å²) in [6.45, 7) is 2.66. The number of amides is 2. The average Bonchev–Trinajstić information content (AvgIpc) is 3.06. The Balaban J connectivity index is 1.78. The van der Waals surface area contributed by atoms with Crippen molar-refractivity contribution >= 4 is 12.0 Å². The van der Waals surface area contributed by atoms with Crippen molar-refractivity contribution in [3.05, 3.63) is 47.2 Å². The van der Waals surface area contributed by atoms with Gasteiger partial charge in [-0.2, -0.15) is 0 Å². The molecule has 2 atom stereocenters. The van der Waals surface area contributed by atoms with Crippen LogP contribution in [-0.4, -0.2) is 31.3 Å². The Morgan fingerprint density at radius 1 is 1.35 bits per heavy atom. The van der Waals surface area contributed by atoms with E-state index in [-0.39, 0.29) is 18.7 Å². The molecule has 122 valence electrons. The van der Waals surface area contributed by atoms with Crippen LogP contribution >= 0.6 is 0 Å². The van der Waals surface area contributed by atoms with E-state index < -0.39 is 12.0 Å². The molecule has 2 heterocycles. The van der Waals surface area contributed by atoms with E-state index in [0.29, 0.717) is 17.9 Å². The van der Waals surface area contributed by atoms with Gasteiger partial charge in [-0.05, 0) is 25.3 Å². The monoisotopic (exact) mass is 316 g/mol. The van der Waals surface area contributed by atoms with Crippen LogP contribution in [0.1, 0.15) is 31.4 Å². The highest BCUT2D eigenvalue weighted by Gasteiger charge is 2.32. The third-order valence-electron chi connectivity index (χ3n) is 4.05. The maximum absolute atomic E-state index is 12.5. The fourth-order valence-corrected chi connectivity index (χ4v) is 2.88. The average molecular weight is 316 g/mol. The number of urea groups is 1. The minimum Gasteiger partial charge on any atom is -0.459 e. The molecule has 0 saturated carbocycles. The molecule has 1 fully saturated rings. The Hall–Kier alpha value is -2.34. The summed E-state index contributed by atoms with van der Waals surface area (Å²) in [7, 11) is 0. The van der Waals surface area contributed by atoms with Crippen LogP contribution in [-0.2, 0) is 14.3 Å². The van der Waals surface area contributed by atoms with Gasteiger partial charge in [0.1, 0.15) is 6.61 Å². The molecule has 0 radical (unpaired) electrons. The minimum atomic E-state index is -0.512. The maximum Gasteiger partial charge on any atom is 0.338 e. The van der Waals surface area contributed by atoms with E-state index in [1.165, 1.54) is 0 Å². The van der Waals surface area contributed by atoms with Crippen LogP contribution in [0.15, 0.2) is 41.6 Å². The van der Waals surface area contributed by atoms with Gasteiger partial charge in [0.2, 0.25) is 0 Å². The molecule has 6 heteroatoms. The van der Waals surface area contributed by atoms with Crippen LogP contribution in [0, 0.1) is 0 Å². The van der Waals surface area contributed by atoms with Crippen molar-refractivity contribution in [3.63, 3.8) is 0 Å². The second-order valence-electron chi connectivity index (χ2n) is 5.71. The van der Waals surface area contributed by atoms with Crippen LogP contribution < -0.4 is 10.6 Å². The summed E-state index contributed by atoms with van der Waals surface area (Å²) < 4.78 is 10.9. The predicted octanol–water partition coefficient (Wildman–Crippen LogP) is 2.04. The molecule has 2 aliphatic heterocycles. The first-order valence-corrected chi connectivity index (χ1v) is 7.77. The standard InChI is InChI=1S/C17H20N2O4/c1-11-14(16(20)23-10-13-8-5-9-22-13)15(19-17(21)18-11)12-6-3-2-4-7-12/h2-4,6-7,13,15H,5,8-10H2,1H3,(H2,18,19,21)/t13-,15+/m0/s1. The third-order valence-corrected chi connectivity index (χ3v) is 4.05. The topological polar surface area (TPSA) is 76.7 Å². The summed E-state index contributed by atoms with van der Waals surface area (Å²) in [5.74, 6) is -0.431. The molecule has 0 bridgehead atoms. The molecular formula is C17H20N2O4. The Bertz CT molecular complexity index is 621. The van der Waals surface area contributed by atoms with Crippen molar-refractivity contribution in [2.24, 2.45) is 0 Å². The molecule has 6 nitrogen and oxygen atoms in total. The first-order valence-electron chi connectivity index (χ1n) is 7.77. The van der Waals surface area contributed by atoms with Gasteiger partial charge in [-0.1, -0.05) is 30.3 Å². The lowest BCUT2D eigenvalue weighted by molar-refractivity contribution is -0.142. The molecule has 2 N–H and O–H groups in total. The fourth-order valence-electron chi connectivity index (χ4n) is 2.88. The summed E-state index contributed by atoms with van der Waals surface area (Å²) in [6.07, 6.45) is 1.87. The van der Waals surface area contributed by atoms with E-state index in [9.17, 15) is 9.59 Å². The molecule has 1 aromatic rings. The van der Waals surface area contributed by atoms with Gasteiger partial charge in [-0.25, -0.2) is 9.59 Å². The van der Waals surface area contributed by atoms with Gasteiger partial charge >= 0.3 is 12.0 Å². The zero-order chi connectivity index (χ0) is 16.2. The van der Waals surface area contributed by atoms with Crippen molar-refractivity contribution < 1.29 is 19.1 Å². The van der Waals surface area contributed by atoms with E-state index in [1.807, 2.05) is 30.3 Å². The molecule has 0 aliphatic carbocycles. The number of allylic oxidation sites excluding steroid dienone is 1. The van der Waals surface area contributed by atoms with Crippen LogP contribution in [0.25, 0.3) is 0 Å². The molecular weight excluding hydrogens is 296 g/mol. The summed E-state index contributed by atoms with van der Waals surface area (Å²) in [5, 5.41) is 5.42. The van der Waals surface area contributed by atoms with Crippen molar-refractivity contribution in [1.29, 1.82) is 0 Å². The van der Waals surface area contributed by atoms with E-state index in [1.54, 1.807) is 6.92 Å². The molecule has 0 spiro atoms. The first kappa shape index (κ1) is 15.6. The Labute approximate surface area is 134 Å². The summed E-state index contributed by atoms with van der Waals surface area (Å²) in [5.41, 5.74) is 1.78. The Morgan fingerprint density at radius 2 is 2.13 bits per heavy atom. The highest BCUT2D eigenvalue weighted by Crippen LogP contribution is 2.27. The van der Waals surface area contributed by atoms with Crippen molar-refractivity contribution in [3.8, 4) is 0 Å². The van der Waals surface area contributed by atoms with Crippen LogP contribution in [0.5, 0.6) is 0 Å². The van der Waals surface area contributed by atoms with Crippen LogP contribution in [0.3, 0.4) is 0 Å². The van der Waals surface area contributed by atoms with Crippen LogP contribution in [0.2, 0.25) is 0 Å². The lowest BCUT2D eigenvalue weighted by Crippen LogP contribution is -2.45. The second kappa shape index (κ2) is 6.83. The molecule has 2 aliphatic rings. The van der Waals surface area contributed by atoms with E-state index >= 15 is 0 Å². The number of ether oxygens (including phenoxy) is 2. The molecule has 0 unspecified atom stereocenters. The summed E-state index contributed by atoms with van der Waals surface area (Å²) in [4.78, 5) is 24.3. The number of carbonyl (C=O) groups excluding carboxylic acids is 2. The minimum absolute atomic E-state index is 0.0267. The smallest absolute Gasteiger partial charge is 0.338 e. The Morgan fingerprint density at radius 3 is 2.83 bits per heavy atom. The zero-order valence-corrected chi connectivity index (χ0v) is 13.0. The highest BCUT2D eigenvalue weighted by atomic mass is 16.6. The number of nitrogens with one attached hydrogen (secondary N) is 2. The normalized spacial score (nSPS) is 24.1. The fraction of sp³-hybridized carbons (Fsp3) is 0.412. The van der Waals surface area contributed by atoms with Gasteiger partial charge in [0.05, 0.1) is 17.7 Å². The van der Waals surface area contributed by atoms with Gasteiger partial charge in [-0.15, -0.1) is 0 Å². The van der Waals surface area contributed by atoms with Gasteiger partial charge < -0.3 is 20.1 Å². The summed E-state index contributed by atoms with van der Waals surface area (Å²) >= 11 is 0. The molecule has 23 heavy (non-hydrogen) atoms. The zero-order valence-electron chi connectivity index (χ0n) is 13.0. The van der Waals surface area contributed by atoms with E-state index in [0.717, 1.165) is 18.4 Å². The SMILES string of the molecule is CC1=C(C(=O)OC[C@@H]2CCCO2)[C@@H](c2ccccc2)NC(=O)N1. The lowest BCUT2D eigenvalue weighted by Gasteiger charge is -2.28. The van der Waals surface area contributed by atoms with Crippen LogP contribution in [0.4, 0.5) is 4.79 Å². The molecule has 0 aromatic heterocycles. The van der Waals surface area contributed by atoms with Crippen molar-refractivity contribution in [1.82, 2.24) is 10.6 Å². The predicted molar refractivity (Wildman–Crippen MR) is 83.5 cm³/mol. The van der Waals surface area contributed by atoms with E-state index in [4.69, 9.17) is 9.47 Å². The molecule has 3 rings (SSSR count). The van der Waals surface area contributed by atoms with Gasteiger partial charge in [0.25, 0.3) is 0 Å². The number of benzene rings is 1. The van der Waals surface area contributed by atoms with Crippen molar-refractivity contribution in [2.45, 2.75) is 31.9 Å². The molecule has 1 saturated heterocycles. The summed E-state index contributed by atoms with van der Waals surface area (Å²) in [6, 6.07) is 8.53.